The molecule has 0 atom stereocenters. The van der Waals surface area contributed by atoms with E-state index in [-0.39, 0.29) is 5.91 Å². The van der Waals surface area contributed by atoms with Gasteiger partial charge in [0.05, 0.1) is 12.3 Å². The van der Waals surface area contributed by atoms with Gasteiger partial charge in [-0.3, -0.25) is 9.48 Å². The molecule has 0 radical (unpaired) electrons. The first-order valence-corrected chi connectivity index (χ1v) is 9.80. The van der Waals surface area contributed by atoms with Crippen LogP contribution in [0.5, 0.6) is 0 Å². The third-order valence-corrected chi connectivity index (χ3v) is 5.07. The van der Waals surface area contributed by atoms with E-state index in [1.54, 1.807) is 18.0 Å². The van der Waals surface area contributed by atoms with Gasteiger partial charge < -0.3 is 5.32 Å². The van der Waals surface area contributed by atoms with Crippen molar-refractivity contribution in [1.82, 2.24) is 15.1 Å². The maximum atomic E-state index is 12.2. The molecule has 1 amide bonds. The minimum atomic E-state index is 0.0662. The summed E-state index contributed by atoms with van der Waals surface area (Å²) in [5.74, 6) is 1.39. The van der Waals surface area contributed by atoms with E-state index in [0.29, 0.717) is 18.8 Å². The highest BCUT2D eigenvalue weighted by atomic mass is 32.2. The molecule has 5 heteroatoms. The number of amides is 1. The fraction of sp³-hybridized carbons (Fsp3) is 0.238. The van der Waals surface area contributed by atoms with Crippen LogP contribution < -0.4 is 5.32 Å². The Morgan fingerprint density at radius 1 is 1.12 bits per heavy atom. The van der Waals surface area contributed by atoms with E-state index in [9.17, 15) is 4.79 Å². The highest BCUT2D eigenvalue weighted by Gasteiger charge is 2.06. The Bertz CT molecular complexity index is 846. The first-order chi connectivity index (χ1) is 12.7. The lowest BCUT2D eigenvalue weighted by atomic mass is 10.1. The monoisotopic (exact) mass is 365 g/mol. The summed E-state index contributed by atoms with van der Waals surface area (Å²) in [6.45, 7) is 3.34. The molecule has 0 saturated heterocycles. The average Bonchev–Trinajstić information content (AvgIpc) is 3.14. The number of nitrogens with one attached hydrogen (secondary N) is 1. The average molecular weight is 366 g/mol. The largest absolute Gasteiger partial charge is 0.351 e. The molecule has 0 aliphatic carbocycles. The predicted molar refractivity (Wildman–Crippen MR) is 107 cm³/mol. The molecule has 1 N–H and O–H groups in total. The minimum absolute atomic E-state index is 0.0662. The van der Waals surface area contributed by atoms with E-state index in [2.05, 4.69) is 53.7 Å². The van der Waals surface area contributed by atoms with Crippen LogP contribution in [0.25, 0.3) is 0 Å². The van der Waals surface area contributed by atoms with Crippen LogP contribution in [0.3, 0.4) is 0 Å². The molecule has 0 saturated carbocycles. The fourth-order valence-corrected chi connectivity index (χ4v) is 3.57. The van der Waals surface area contributed by atoms with Gasteiger partial charge in [-0.2, -0.15) is 5.10 Å². The number of hydrogen-bond donors (Lipinski definition) is 1. The SMILES string of the molecule is Cc1cccc(CSCC(=O)NCc2ccccc2Cn2cccn2)c1. The van der Waals surface area contributed by atoms with Crippen LogP contribution in [0.15, 0.2) is 67.0 Å². The topological polar surface area (TPSA) is 46.9 Å². The summed E-state index contributed by atoms with van der Waals surface area (Å²) in [6, 6.07) is 18.5. The quantitative estimate of drug-likeness (QED) is 0.661. The van der Waals surface area contributed by atoms with Crippen molar-refractivity contribution < 1.29 is 4.79 Å². The molecule has 26 heavy (non-hydrogen) atoms. The minimum Gasteiger partial charge on any atom is -0.351 e. The van der Waals surface area contributed by atoms with E-state index >= 15 is 0 Å². The van der Waals surface area contributed by atoms with Gasteiger partial charge in [0.15, 0.2) is 0 Å². The second kappa shape index (κ2) is 9.25. The molecule has 0 spiro atoms. The molecule has 0 fully saturated rings. The standard InChI is InChI=1S/C21H23N3OS/c1-17-6-4-7-18(12-17)15-26-16-21(25)22-13-19-8-2-3-9-20(19)14-24-11-5-10-23-24/h2-12H,13-16H2,1H3,(H,22,25). The van der Waals surface area contributed by atoms with Crippen LogP contribution >= 0.6 is 11.8 Å². The van der Waals surface area contributed by atoms with Crippen LogP contribution in [-0.2, 0) is 23.6 Å². The number of benzene rings is 2. The second-order valence-electron chi connectivity index (χ2n) is 6.23. The van der Waals surface area contributed by atoms with Crippen molar-refractivity contribution >= 4 is 17.7 Å². The lowest BCUT2D eigenvalue weighted by Gasteiger charge is -2.11. The normalized spacial score (nSPS) is 10.7. The molecule has 3 aromatic rings. The molecule has 134 valence electrons. The highest BCUT2D eigenvalue weighted by molar-refractivity contribution is 7.99. The molecule has 0 aliphatic rings. The van der Waals surface area contributed by atoms with E-state index < -0.39 is 0 Å². The van der Waals surface area contributed by atoms with E-state index in [1.807, 2.05) is 29.1 Å². The zero-order chi connectivity index (χ0) is 18.2. The maximum Gasteiger partial charge on any atom is 0.230 e. The smallest absolute Gasteiger partial charge is 0.230 e. The van der Waals surface area contributed by atoms with Gasteiger partial charge in [-0.25, -0.2) is 0 Å². The molecule has 0 unspecified atom stereocenters. The third-order valence-electron chi connectivity index (χ3n) is 4.07. The van der Waals surface area contributed by atoms with Crippen molar-refractivity contribution in [2.45, 2.75) is 25.8 Å². The van der Waals surface area contributed by atoms with Gasteiger partial charge in [-0.1, -0.05) is 54.1 Å². The zero-order valence-electron chi connectivity index (χ0n) is 14.9. The number of nitrogens with zero attached hydrogens (tertiary/aromatic N) is 2. The Morgan fingerprint density at radius 2 is 1.96 bits per heavy atom. The zero-order valence-corrected chi connectivity index (χ0v) is 15.7. The fourth-order valence-electron chi connectivity index (χ4n) is 2.76. The van der Waals surface area contributed by atoms with E-state index in [4.69, 9.17) is 0 Å². The molecular formula is C21H23N3OS. The lowest BCUT2D eigenvalue weighted by Crippen LogP contribution is -2.25. The Morgan fingerprint density at radius 3 is 2.73 bits per heavy atom. The van der Waals surface area contributed by atoms with Crippen LogP contribution in [0.4, 0.5) is 0 Å². The van der Waals surface area contributed by atoms with E-state index in [1.165, 1.54) is 16.7 Å². The molecule has 1 heterocycles. The number of aromatic nitrogens is 2. The van der Waals surface area contributed by atoms with Gasteiger partial charge in [0.2, 0.25) is 5.91 Å². The third kappa shape index (κ3) is 5.49. The van der Waals surface area contributed by atoms with Crippen molar-refractivity contribution in [3.63, 3.8) is 0 Å². The summed E-state index contributed by atoms with van der Waals surface area (Å²) in [7, 11) is 0. The van der Waals surface area contributed by atoms with Crippen molar-refractivity contribution in [3.05, 3.63) is 89.2 Å². The first-order valence-electron chi connectivity index (χ1n) is 8.65. The predicted octanol–water partition coefficient (Wildman–Crippen LogP) is 3.79. The Balaban J connectivity index is 1.47. The first kappa shape index (κ1) is 18.3. The number of carbonyl (C=O) groups excluding carboxylic acids is 1. The summed E-state index contributed by atoms with van der Waals surface area (Å²) in [6.07, 6.45) is 3.72. The molecule has 3 rings (SSSR count). The van der Waals surface area contributed by atoms with Gasteiger partial charge in [0, 0.05) is 24.7 Å². The van der Waals surface area contributed by atoms with Crippen molar-refractivity contribution in [2.24, 2.45) is 0 Å². The van der Waals surface area contributed by atoms with Gasteiger partial charge >= 0.3 is 0 Å². The summed E-state index contributed by atoms with van der Waals surface area (Å²) < 4.78 is 1.89. The van der Waals surface area contributed by atoms with Gasteiger partial charge in [-0.15, -0.1) is 11.8 Å². The van der Waals surface area contributed by atoms with Crippen LogP contribution in [0.1, 0.15) is 22.3 Å². The summed E-state index contributed by atoms with van der Waals surface area (Å²) in [5.41, 5.74) is 4.80. The van der Waals surface area contributed by atoms with Crippen molar-refractivity contribution in [1.29, 1.82) is 0 Å². The van der Waals surface area contributed by atoms with Crippen LogP contribution in [0, 0.1) is 6.92 Å². The number of thioether (sulfide) groups is 1. The number of hydrogen-bond acceptors (Lipinski definition) is 3. The highest BCUT2D eigenvalue weighted by Crippen LogP contribution is 2.14. The van der Waals surface area contributed by atoms with Gasteiger partial charge in [0.25, 0.3) is 0 Å². The number of carbonyl (C=O) groups is 1. The Labute approximate surface area is 158 Å². The molecule has 0 bridgehead atoms. The molecule has 2 aromatic carbocycles. The van der Waals surface area contributed by atoms with E-state index in [0.717, 1.165) is 11.3 Å². The Hall–Kier alpha value is -2.53. The van der Waals surface area contributed by atoms with Gasteiger partial charge in [-0.05, 0) is 29.7 Å². The van der Waals surface area contributed by atoms with Crippen LogP contribution in [0.2, 0.25) is 0 Å². The van der Waals surface area contributed by atoms with Crippen molar-refractivity contribution in [3.8, 4) is 0 Å². The number of rotatable bonds is 8. The second-order valence-corrected chi connectivity index (χ2v) is 7.22. The molecule has 4 nitrogen and oxygen atoms in total. The summed E-state index contributed by atoms with van der Waals surface area (Å²) >= 11 is 1.64. The summed E-state index contributed by atoms with van der Waals surface area (Å²) in [4.78, 5) is 12.2. The molecule has 1 aromatic heterocycles. The number of aryl methyl sites for hydroxylation is 1. The lowest BCUT2D eigenvalue weighted by molar-refractivity contribution is -0.118. The molecular weight excluding hydrogens is 342 g/mol. The maximum absolute atomic E-state index is 12.2. The summed E-state index contributed by atoms with van der Waals surface area (Å²) in [5, 5.41) is 7.28. The van der Waals surface area contributed by atoms with Crippen LogP contribution in [-0.4, -0.2) is 21.4 Å². The molecule has 0 aliphatic heterocycles. The van der Waals surface area contributed by atoms with Crippen molar-refractivity contribution in [2.75, 3.05) is 5.75 Å². The van der Waals surface area contributed by atoms with Gasteiger partial charge in [0.1, 0.15) is 0 Å². The Kier molecular flexibility index (Phi) is 6.50.